The van der Waals surface area contributed by atoms with E-state index in [-0.39, 0.29) is 42.4 Å². The number of carbonyl (C=O) groups is 2. The van der Waals surface area contributed by atoms with Gasteiger partial charge in [0.2, 0.25) is 0 Å². The van der Waals surface area contributed by atoms with E-state index in [1.54, 1.807) is 18.2 Å². The van der Waals surface area contributed by atoms with Crippen LogP contribution >= 0.6 is 0 Å². The van der Waals surface area contributed by atoms with Crippen LogP contribution in [0.3, 0.4) is 0 Å². The van der Waals surface area contributed by atoms with E-state index in [1.165, 1.54) is 6.07 Å². The summed E-state index contributed by atoms with van der Waals surface area (Å²) in [6.45, 7) is 0. The van der Waals surface area contributed by atoms with Crippen molar-refractivity contribution < 1.29 is 14.5 Å². The van der Waals surface area contributed by atoms with Crippen LogP contribution in [-0.2, 0) is 9.59 Å². The van der Waals surface area contributed by atoms with E-state index in [0.717, 1.165) is 0 Å². The van der Waals surface area contributed by atoms with E-state index in [9.17, 15) is 19.7 Å². The molecule has 2 rings (SSSR count). The number of nitrogens with zero attached hydrogens (tertiary/aromatic N) is 1. The van der Waals surface area contributed by atoms with Crippen LogP contribution in [0.4, 0.5) is 5.69 Å². The highest BCUT2D eigenvalue weighted by molar-refractivity contribution is 6.02. The number of Topliss-reactive ketones (excluding diaryl/α,β-unsaturated/α-hetero) is 2. The van der Waals surface area contributed by atoms with Gasteiger partial charge in [-0.25, -0.2) is 0 Å². The minimum Gasteiger partial charge on any atom is -0.299 e. The molecule has 0 bridgehead atoms. The molecule has 88 valence electrons. The maximum absolute atomic E-state index is 11.3. The van der Waals surface area contributed by atoms with Crippen molar-refractivity contribution in [3.05, 3.63) is 39.9 Å². The lowest BCUT2D eigenvalue weighted by Gasteiger charge is -2.19. The SMILES string of the molecule is O=C1CC(=O)CC(c2ccccc2[N+](=O)[O-])C1. The van der Waals surface area contributed by atoms with Gasteiger partial charge in [0.15, 0.2) is 0 Å². The van der Waals surface area contributed by atoms with Crippen molar-refractivity contribution in [2.75, 3.05) is 0 Å². The van der Waals surface area contributed by atoms with Crippen LogP contribution in [0.15, 0.2) is 24.3 Å². The molecule has 1 aromatic rings. The van der Waals surface area contributed by atoms with Crippen molar-refractivity contribution in [1.29, 1.82) is 0 Å². The summed E-state index contributed by atoms with van der Waals surface area (Å²) in [7, 11) is 0. The average molecular weight is 233 g/mol. The number of carbonyl (C=O) groups excluding carboxylic acids is 2. The number of hydrogen-bond acceptors (Lipinski definition) is 4. The second-order valence-electron chi connectivity index (χ2n) is 4.18. The normalized spacial score (nSPS) is 17.2. The highest BCUT2D eigenvalue weighted by Gasteiger charge is 2.30. The molecule has 1 fully saturated rings. The van der Waals surface area contributed by atoms with E-state index >= 15 is 0 Å². The highest BCUT2D eigenvalue weighted by Crippen LogP contribution is 2.34. The summed E-state index contributed by atoms with van der Waals surface area (Å²) >= 11 is 0. The first-order valence-electron chi connectivity index (χ1n) is 5.34. The van der Waals surface area contributed by atoms with Crippen LogP contribution in [-0.4, -0.2) is 16.5 Å². The minimum absolute atomic E-state index is 0.0139. The molecule has 0 amide bonds. The topological polar surface area (TPSA) is 77.3 Å². The molecule has 5 nitrogen and oxygen atoms in total. The lowest BCUT2D eigenvalue weighted by atomic mass is 9.82. The Morgan fingerprint density at radius 3 is 2.29 bits per heavy atom. The van der Waals surface area contributed by atoms with Gasteiger partial charge in [0, 0.05) is 30.4 Å². The van der Waals surface area contributed by atoms with Crippen LogP contribution in [0.2, 0.25) is 0 Å². The summed E-state index contributed by atoms with van der Waals surface area (Å²) in [5, 5.41) is 10.9. The predicted molar refractivity (Wildman–Crippen MR) is 59.7 cm³/mol. The molecule has 0 aliphatic heterocycles. The first kappa shape index (κ1) is 11.4. The number of para-hydroxylation sites is 1. The Labute approximate surface area is 97.6 Å². The molecular weight excluding hydrogens is 222 g/mol. The Bertz CT molecular complexity index is 479. The summed E-state index contributed by atoms with van der Waals surface area (Å²) in [6.07, 6.45) is 0.407. The summed E-state index contributed by atoms with van der Waals surface area (Å²) in [5.41, 5.74) is 0.471. The van der Waals surface area contributed by atoms with Gasteiger partial charge in [-0.1, -0.05) is 18.2 Å². The molecule has 0 saturated heterocycles. The van der Waals surface area contributed by atoms with Gasteiger partial charge < -0.3 is 0 Å². The third-order valence-electron chi connectivity index (χ3n) is 2.92. The molecule has 1 aliphatic carbocycles. The van der Waals surface area contributed by atoms with Crippen molar-refractivity contribution in [3.63, 3.8) is 0 Å². The molecule has 0 atom stereocenters. The van der Waals surface area contributed by atoms with Crippen LogP contribution in [0.1, 0.15) is 30.7 Å². The maximum Gasteiger partial charge on any atom is 0.272 e. The summed E-state index contributed by atoms with van der Waals surface area (Å²) in [4.78, 5) is 33.1. The van der Waals surface area contributed by atoms with Crippen LogP contribution in [0.5, 0.6) is 0 Å². The zero-order valence-corrected chi connectivity index (χ0v) is 9.09. The standard InChI is InChI=1S/C12H11NO4/c14-9-5-8(6-10(15)7-9)11-3-1-2-4-12(11)13(16)17/h1-4,8H,5-7H2. The fraction of sp³-hybridized carbons (Fsp3) is 0.333. The maximum atomic E-state index is 11.3. The number of benzene rings is 1. The highest BCUT2D eigenvalue weighted by atomic mass is 16.6. The van der Waals surface area contributed by atoms with E-state index in [1.807, 2.05) is 0 Å². The number of ketones is 2. The zero-order valence-electron chi connectivity index (χ0n) is 9.09. The van der Waals surface area contributed by atoms with Gasteiger partial charge in [0.1, 0.15) is 11.6 Å². The fourth-order valence-electron chi connectivity index (χ4n) is 2.20. The lowest BCUT2D eigenvalue weighted by molar-refractivity contribution is -0.385. The molecule has 0 aromatic heterocycles. The van der Waals surface area contributed by atoms with Gasteiger partial charge in [0.25, 0.3) is 5.69 Å². The third kappa shape index (κ3) is 2.38. The zero-order chi connectivity index (χ0) is 12.4. The second kappa shape index (κ2) is 4.45. The van der Waals surface area contributed by atoms with E-state index in [0.29, 0.717) is 5.56 Å². The molecule has 0 heterocycles. The lowest BCUT2D eigenvalue weighted by Crippen LogP contribution is -2.21. The minimum atomic E-state index is -0.473. The Morgan fingerprint density at radius 2 is 1.71 bits per heavy atom. The molecule has 0 spiro atoms. The quantitative estimate of drug-likeness (QED) is 0.444. The van der Waals surface area contributed by atoms with Crippen LogP contribution in [0.25, 0.3) is 0 Å². The molecular formula is C12H11NO4. The molecule has 0 N–H and O–H groups in total. The van der Waals surface area contributed by atoms with E-state index in [2.05, 4.69) is 0 Å². The molecule has 5 heteroatoms. The Balaban J connectivity index is 2.36. The van der Waals surface area contributed by atoms with E-state index < -0.39 is 4.92 Å². The average Bonchev–Trinajstić information content (AvgIpc) is 2.27. The molecule has 0 unspecified atom stereocenters. The predicted octanol–water partition coefficient (Wildman–Crippen LogP) is 2.00. The number of nitro groups is 1. The Kier molecular flexibility index (Phi) is 2.99. The van der Waals surface area contributed by atoms with Crippen LogP contribution < -0.4 is 0 Å². The largest absolute Gasteiger partial charge is 0.299 e. The first-order valence-corrected chi connectivity index (χ1v) is 5.34. The first-order chi connectivity index (χ1) is 8.08. The number of hydrogen-bond donors (Lipinski definition) is 0. The molecule has 1 saturated carbocycles. The Hall–Kier alpha value is -2.04. The number of nitro benzene ring substituents is 1. The van der Waals surface area contributed by atoms with Gasteiger partial charge in [-0.05, 0) is 0 Å². The molecule has 1 aliphatic rings. The Morgan fingerprint density at radius 1 is 1.12 bits per heavy atom. The van der Waals surface area contributed by atoms with Crippen molar-refractivity contribution in [1.82, 2.24) is 0 Å². The smallest absolute Gasteiger partial charge is 0.272 e. The van der Waals surface area contributed by atoms with Crippen molar-refractivity contribution in [2.45, 2.75) is 25.2 Å². The molecule has 17 heavy (non-hydrogen) atoms. The molecule has 0 radical (unpaired) electrons. The van der Waals surface area contributed by atoms with Gasteiger partial charge in [-0.3, -0.25) is 19.7 Å². The van der Waals surface area contributed by atoms with Crippen molar-refractivity contribution in [3.8, 4) is 0 Å². The van der Waals surface area contributed by atoms with Crippen molar-refractivity contribution in [2.24, 2.45) is 0 Å². The monoisotopic (exact) mass is 233 g/mol. The summed E-state index contributed by atoms with van der Waals surface area (Å²) < 4.78 is 0. The van der Waals surface area contributed by atoms with Gasteiger partial charge >= 0.3 is 0 Å². The van der Waals surface area contributed by atoms with Crippen molar-refractivity contribution >= 4 is 17.3 Å². The summed E-state index contributed by atoms with van der Waals surface area (Å²) in [5.74, 6) is -0.612. The second-order valence-corrected chi connectivity index (χ2v) is 4.18. The fourth-order valence-corrected chi connectivity index (χ4v) is 2.20. The molecule has 1 aromatic carbocycles. The van der Waals surface area contributed by atoms with E-state index in [4.69, 9.17) is 0 Å². The van der Waals surface area contributed by atoms with Crippen LogP contribution in [0, 0.1) is 10.1 Å². The summed E-state index contributed by atoms with van der Waals surface area (Å²) in [6, 6.07) is 6.29. The van der Waals surface area contributed by atoms with Gasteiger partial charge in [-0.2, -0.15) is 0 Å². The third-order valence-corrected chi connectivity index (χ3v) is 2.92. The number of rotatable bonds is 2. The van der Waals surface area contributed by atoms with Gasteiger partial charge in [-0.15, -0.1) is 0 Å². The van der Waals surface area contributed by atoms with Gasteiger partial charge in [0.05, 0.1) is 11.3 Å².